The highest BCUT2D eigenvalue weighted by Gasteiger charge is 2.27. The smallest absolute Gasteiger partial charge is 0.252 e. The third-order valence-electron chi connectivity index (χ3n) is 4.54. The third kappa shape index (κ3) is 6.07. The Hall–Kier alpha value is -0.390. The number of hydrogen-bond acceptors (Lipinski definition) is 4. The summed E-state index contributed by atoms with van der Waals surface area (Å²) in [4.78, 5) is 5.56. The van der Waals surface area contributed by atoms with Crippen molar-refractivity contribution in [3.05, 3.63) is 17.0 Å². The lowest BCUT2D eigenvalue weighted by Gasteiger charge is -2.25. The molecule has 0 aromatic carbocycles. The predicted molar refractivity (Wildman–Crippen MR) is 118 cm³/mol. The van der Waals surface area contributed by atoms with Gasteiger partial charge >= 0.3 is 0 Å². The number of hydrogen-bond donors (Lipinski definition) is 2. The molecule has 2 aliphatic rings. The van der Waals surface area contributed by atoms with Crippen LogP contribution in [-0.2, 0) is 16.6 Å². The zero-order valence-electron chi connectivity index (χ0n) is 15.2. The van der Waals surface area contributed by atoms with Crippen molar-refractivity contribution in [2.75, 3.05) is 26.2 Å². The fraction of sp³-hybridized carbons (Fsp3) is 0.706. The van der Waals surface area contributed by atoms with Gasteiger partial charge in [0.25, 0.3) is 10.0 Å². The molecule has 0 amide bonds. The molecule has 1 aromatic rings. The van der Waals surface area contributed by atoms with Crippen LogP contribution in [0.2, 0.25) is 0 Å². The Kier molecular flexibility index (Phi) is 8.62. The van der Waals surface area contributed by atoms with Crippen LogP contribution in [0.5, 0.6) is 0 Å². The van der Waals surface area contributed by atoms with Crippen molar-refractivity contribution in [3.8, 4) is 0 Å². The fourth-order valence-electron chi connectivity index (χ4n) is 2.88. The molecule has 1 aromatic heterocycles. The number of guanidine groups is 1. The monoisotopic (exact) mass is 512 g/mol. The van der Waals surface area contributed by atoms with Crippen LogP contribution in [0.3, 0.4) is 0 Å². The van der Waals surface area contributed by atoms with Crippen LogP contribution in [0, 0.1) is 5.92 Å². The first kappa shape index (κ1) is 21.9. The maximum Gasteiger partial charge on any atom is 0.252 e. The molecule has 1 aliphatic carbocycles. The van der Waals surface area contributed by atoms with Crippen molar-refractivity contribution in [1.82, 2.24) is 14.9 Å². The SMILES string of the molecule is CCNC(=NCc1ccc(S(=O)(=O)N2CCCCC2)s1)NCC1CC1.I. The highest BCUT2D eigenvalue weighted by molar-refractivity contribution is 14.0. The summed E-state index contributed by atoms with van der Waals surface area (Å²) in [5.74, 6) is 1.59. The molecule has 0 spiro atoms. The number of piperidine rings is 1. The van der Waals surface area contributed by atoms with E-state index in [4.69, 9.17) is 0 Å². The first-order valence-electron chi connectivity index (χ1n) is 9.20. The number of nitrogens with one attached hydrogen (secondary N) is 2. The van der Waals surface area contributed by atoms with E-state index in [-0.39, 0.29) is 24.0 Å². The van der Waals surface area contributed by atoms with Crippen LogP contribution in [-0.4, -0.2) is 44.9 Å². The standard InChI is InChI=1S/C17H28N4O2S2.HI/c1-2-18-17(19-12-14-6-7-14)20-13-15-8-9-16(24-15)25(22,23)21-10-4-3-5-11-21;/h8-9,14H,2-7,10-13H2,1H3,(H2,18,19,20);1H. The van der Waals surface area contributed by atoms with E-state index < -0.39 is 10.0 Å². The highest BCUT2D eigenvalue weighted by Crippen LogP contribution is 2.28. The second kappa shape index (κ2) is 10.2. The number of sulfonamides is 1. The van der Waals surface area contributed by atoms with E-state index in [1.165, 1.54) is 24.2 Å². The van der Waals surface area contributed by atoms with E-state index in [9.17, 15) is 8.42 Å². The van der Waals surface area contributed by atoms with Gasteiger partial charge in [-0.05, 0) is 50.7 Å². The summed E-state index contributed by atoms with van der Waals surface area (Å²) in [6, 6.07) is 3.61. The van der Waals surface area contributed by atoms with Gasteiger partial charge in [-0.15, -0.1) is 35.3 Å². The topological polar surface area (TPSA) is 73.8 Å². The largest absolute Gasteiger partial charge is 0.357 e. The second-order valence-electron chi connectivity index (χ2n) is 6.70. The van der Waals surface area contributed by atoms with Crippen LogP contribution in [0.4, 0.5) is 0 Å². The van der Waals surface area contributed by atoms with Gasteiger partial charge in [0.2, 0.25) is 0 Å². The zero-order chi connectivity index (χ0) is 17.7. The molecule has 2 fully saturated rings. The van der Waals surface area contributed by atoms with Gasteiger partial charge in [-0.3, -0.25) is 0 Å². The Morgan fingerprint density at radius 2 is 1.96 bits per heavy atom. The lowest BCUT2D eigenvalue weighted by molar-refractivity contribution is 0.347. The van der Waals surface area contributed by atoms with Crippen LogP contribution in [0.15, 0.2) is 21.3 Å². The first-order chi connectivity index (χ1) is 12.1. The van der Waals surface area contributed by atoms with Crippen molar-refractivity contribution >= 4 is 51.3 Å². The van der Waals surface area contributed by atoms with Crippen LogP contribution in [0.1, 0.15) is 43.9 Å². The summed E-state index contributed by atoms with van der Waals surface area (Å²) in [6.45, 7) is 5.61. The van der Waals surface area contributed by atoms with Crippen molar-refractivity contribution in [2.45, 2.75) is 49.8 Å². The highest BCUT2D eigenvalue weighted by atomic mass is 127. The molecule has 26 heavy (non-hydrogen) atoms. The van der Waals surface area contributed by atoms with E-state index in [1.807, 2.05) is 13.0 Å². The average molecular weight is 512 g/mol. The maximum atomic E-state index is 12.7. The molecule has 2 heterocycles. The third-order valence-corrected chi connectivity index (χ3v) is 7.97. The molecule has 1 saturated heterocycles. The van der Waals surface area contributed by atoms with Gasteiger partial charge in [-0.2, -0.15) is 4.31 Å². The Balaban J connectivity index is 0.00000243. The fourth-order valence-corrected chi connectivity index (χ4v) is 5.83. The summed E-state index contributed by atoms with van der Waals surface area (Å²) < 4.78 is 27.5. The molecule has 0 bridgehead atoms. The zero-order valence-corrected chi connectivity index (χ0v) is 19.2. The van der Waals surface area contributed by atoms with Crippen molar-refractivity contribution in [1.29, 1.82) is 0 Å². The summed E-state index contributed by atoms with van der Waals surface area (Å²) in [7, 11) is -3.33. The molecule has 0 unspecified atom stereocenters. The molecule has 148 valence electrons. The minimum atomic E-state index is -3.33. The molecular weight excluding hydrogens is 483 g/mol. The molecule has 1 saturated carbocycles. The molecule has 2 N–H and O–H groups in total. The first-order valence-corrected chi connectivity index (χ1v) is 11.5. The molecule has 1 aliphatic heterocycles. The van der Waals surface area contributed by atoms with Crippen molar-refractivity contribution in [3.63, 3.8) is 0 Å². The number of nitrogens with zero attached hydrogens (tertiary/aromatic N) is 2. The quantitative estimate of drug-likeness (QED) is 0.335. The Bertz CT molecular complexity index is 695. The van der Waals surface area contributed by atoms with Gasteiger partial charge < -0.3 is 10.6 Å². The second-order valence-corrected chi connectivity index (χ2v) is 10.0. The predicted octanol–water partition coefficient (Wildman–Crippen LogP) is 3.01. The molecular formula is C17H29IN4O2S2. The van der Waals surface area contributed by atoms with E-state index in [0.717, 1.165) is 49.1 Å². The number of rotatable bonds is 7. The summed E-state index contributed by atoms with van der Waals surface area (Å²) >= 11 is 1.34. The molecule has 3 rings (SSSR count). The molecule has 6 nitrogen and oxygen atoms in total. The van der Waals surface area contributed by atoms with E-state index >= 15 is 0 Å². The van der Waals surface area contributed by atoms with Crippen molar-refractivity contribution < 1.29 is 8.42 Å². The molecule has 0 atom stereocenters. The minimum Gasteiger partial charge on any atom is -0.357 e. The summed E-state index contributed by atoms with van der Waals surface area (Å²) in [5, 5.41) is 6.60. The lowest BCUT2D eigenvalue weighted by atomic mass is 10.2. The van der Waals surface area contributed by atoms with Crippen molar-refractivity contribution in [2.24, 2.45) is 10.9 Å². The van der Waals surface area contributed by atoms with Gasteiger partial charge in [0, 0.05) is 31.1 Å². The van der Waals surface area contributed by atoms with Gasteiger partial charge in [0.15, 0.2) is 5.96 Å². The summed E-state index contributed by atoms with van der Waals surface area (Å²) in [6.07, 6.45) is 5.64. The Labute approximate surface area is 177 Å². The van der Waals surface area contributed by atoms with Gasteiger partial charge in [0.05, 0.1) is 6.54 Å². The molecule has 9 heteroatoms. The van der Waals surface area contributed by atoms with E-state index in [1.54, 1.807) is 10.4 Å². The maximum absolute atomic E-state index is 12.7. The van der Waals surface area contributed by atoms with E-state index in [2.05, 4.69) is 15.6 Å². The lowest BCUT2D eigenvalue weighted by Crippen LogP contribution is -2.38. The van der Waals surface area contributed by atoms with Gasteiger partial charge in [-0.25, -0.2) is 13.4 Å². The van der Waals surface area contributed by atoms with E-state index in [0.29, 0.717) is 23.8 Å². The van der Waals surface area contributed by atoms with Crippen LogP contribution >= 0.6 is 35.3 Å². The van der Waals surface area contributed by atoms with Crippen LogP contribution in [0.25, 0.3) is 0 Å². The Morgan fingerprint density at radius 1 is 1.23 bits per heavy atom. The Morgan fingerprint density at radius 3 is 2.62 bits per heavy atom. The average Bonchev–Trinajstić information content (AvgIpc) is 3.33. The number of halogens is 1. The summed E-state index contributed by atoms with van der Waals surface area (Å²) in [5.41, 5.74) is 0. The number of thiophene rings is 1. The number of aliphatic imine (C=N–C) groups is 1. The van der Waals surface area contributed by atoms with Crippen LogP contribution < -0.4 is 10.6 Å². The normalized spacial score (nSPS) is 19.0. The molecule has 0 radical (unpaired) electrons. The minimum absolute atomic E-state index is 0. The van der Waals surface area contributed by atoms with Gasteiger partial charge in [0.1, 0.15) is 4.21 Å². The van der Waals surface area contributed by atoms with Gasteiger partial charge in [-0.1, -0.05) is 6.42 Å².